The van der Waals surface area contributed by atoms with Gasteiger partial charge < -0.3 is 81.3 Å². The van der Waals surface area contributed by atoms with Crippen molar-refractivity contribution in [3.8, 4) is 23.0 Å². The van der Waals surface area contributed by atoms with Crippen LogP contribution in [0.4, 0.5) is 5.69 Å². The Morgan fingerprint density at radius 2 is 1.54 bits per heavy atom. The Morgan fingerprint density at radius 1 is 0.915 bits per heavy atom. The van der Waals surface area contributed by atoms with Crippen LogP contribution in [0, 0.1) is 30.6 Å². The van der Waals surface area contributed by atoms with Crippen LogP contribution in [-0.2, 0) is 23.8 Å². The molecule has 24 nitrogen and oxygen atoms in total. The molecule has 3 aromatic rings. The minimum Gasteiger partial charge on any atom is -0.507 e. The van der Waals surface area contributed by atoms with E-state index in [4.69, 9.17) is 34.9 Å². The summed E-state index contributed by atoms with van der Waals surface area (Å²) in [6.45, 7) is 21.2. The summed E-state index contributed by atoms with van der Waals surface area (Å²) < 4.78 is 23.6. The molecule has 82 heavy (non-hydrogen) atoms. The summed E-state index contributed by atoms with van der Waals surface area (Å²) in [6.07, 6.45) is 11.0. The van der Waals surface area contributed by atoms with Gasteiger partial charge in [0.15, 0.2) is 5.75 Å². The number of hydrogen-bond acceptors (Lipinski definition) is 22. The molecule has 7 rings (SSSR count). The number of piperazine rings is 1. The quantitative estimate of drug-likeness (QED) is 0.0361. The van der Waals surface area contributed by atoms with Gasteiger partial charge in [-0.25, -0.2) is 4.98 Å². The third-order valence-corrected chi connectivity index (χ3v) is 15.1. The van der Waals surface area contributed by atoms with Gasteiger partial charge in [0.25, 0.3) is 17.6 Å². The molecule has 5 bridgehead atoms. The number of fused-ring (bicyclic) bond motifs is 14. The van der Waals surface area contributed by atoms with E-state index in [0.29, 0.717) is 13.1 Å². The minimum atomic E-state index is -2.04. The number of hydrazone groups is 1. The molecule has 0 spiro atoms. The van der Waals surface area contributed by atoms with Gasteiger partial charge in [0, 0.05) is 125 Å². The third kappa shape index (κ3) is 17.2. The van der Waals surface area contributed by atoms with Gasteiger partial charge in [0.05, 0.1) is 72.4 Å². The molecule has 4 aliphatic rings. The highest BCUT2D eigenvalue weighted by molar-refractivity contribution is 6.24. The highest BCUT2D eigenvalue weighted by Gasteiger charge is 2.50. The Kier molecular flexibility index (Phi) is 26.1. The predicted octanol–water partition coefficient (Wildman–Crippen LogP) is 3.62. The normalized spacial score (nSPS) is 26.7. The van der Waals surface area contributed by atoms with Crippen LogP contribution in [0.1, 0.15) is 107 Å². The number of carbonyl (C=O) groups is 4. The fourth-order valence-electron chi connectivity index (χ4n) is 9.58. The maximum atomic E-state index is 14.4. The molecule has 4 aliphatic heterocycles. The van der Waals surface area contributed by atoms with Crippen LogP contribution >= 0.6 is 0 Å². The van der Waals surface area contributed by atoms with Crippen LogP contribution in [0.15, 0.2) is 59.8 Å². The molecule has 1 aromatic heterocycles. The number of esters is 1. The van der Waals surface area contributed by atoms with E-state index in [1.54, 1.807) is 44.9 Å². The molecule has 1 fully saturated rings. The van der Waals surface area contributed by atoms with E-state index in [0.717, 1.165) is 39.0 Å². The molecule has 2 aromatic carbocycles. The van der Waals surface area contributed by atoms with Crippen LogP contribution in [0.3, 0.4) is 0 Å². The number of Topliss-reactive ketones (excluding diaryl/α,β-unsaturated/α-hetero) is 1. The van der Waals surface area contributed by atoms with Gasteiger partial charge in [-0.15, -0.1) is 0 Å². The Hall–Kier alpha value is -6.77. The number of phenolic OH excluding ortho intramolecular Hbond substituents is 3. The van der Waals surface area contributed by atoms with Gasteiger partial charge in [-0.3, -0.25) is 29.2 Å². The summed E-state index contributed by atoms with van der Waals surface area (Å²) in [5.74, 6) is -8.90. The number of hydrogen-bond donors (Lipinski definition) is 11. The van der Waals surface area contributed by atoms with Crippen molar-refractivity contribution in [3.63, 3.8) is 0 Å². The monoisotopic (exact) mass is 1150 g/mol. The lowest BCUT2D eigenvalue weighted by atomic mass is 9.78. The first-order valence-corrected chi connectivity index (χ1v) is 27.6. The smallest absolute Gasteiger partial charge is 0.312 e. The second kappa shape index (κ2) is 31.6. The zero-order valence-electron chi connectivity index (χ0n) is 49.3. The van der Waals surface area contributed by atoms with Crippen molar-refractivity contribution in [1.29, 1.82) is 0 Å². The predicted molar refractivity (Wildman–Crippen MR) is 309 cm³/mol. The number of likely N-dealkylation sites (N-methyl/N-ethyl adjacent to an activating group) is 1. The Bertz CT molecular complexity index is 2730. The maximum absolute atomic E-state index is 14.4. The van der Waals surface area contributed by atoms with Crippen LogP contribution < -0.4 is 26.4 Å². The lowest BCUT2D eigenvalue weighted by Crippen LogP contribution is -2.46. The Labute approximate surface area is 480 Å². The molecule has 0 unspecified atom stereocenters. The zero-order chi connectivity index (χ0) is 61.2. The van der Waals surface area contributed by atoms with Crippen LogP contribution in [0.5, 0.6) is 23.0 Å². The van der Waals surface area contributed by atoms with Crippen molar-refractivity contribution in [1.82, 2.24) is 30.5 Å². The fourth-order valence-corrected chi connectivity index (χ4v) is 9.58. The molecule has 0 aliphatic carbocycles. The highest BCUT2D eigenvalue weighted by atomic mass is 16.7. The van der Waals surface area contributed by atoms with Gasteiger partial charge >= 0.3 is 11.8 Å². The summed E-state index contributed by atoms with van der Waals surface area (Å²) in [5.41, 5.74) is 4.71. The number of ether oxygens (including phenoxy) is 4. The molecule has 1 saturated heterocycles. The second-order valence-corrected chi connectivity index (χ2v) is 21.1. The molecule has 24 heteroatoms. The van der Waals surface area contributed by atoms with Crippen molar-refractivity contribution in [3.05, 3.63) is 77.1 Å². The number of allylic oxidation sites excluding steroid dienone is 2. The number of methoxy groups -OCH3 is 1. The number of nitrogens with one attached hydrogen (secondary N) is 3. The molecule has 5 heterocycles. The number of aromatic nitrogens is 2. The number of carbonyl (C=O) groups excluding carboxylic acids is 4. The second-order valence-electron chi connectivity index (χ2n) is 21.1. The number of ketones is 1. The molecule has 454 valence electrons. The Balaban J connectivity index is 0.000000519. The first kappa shape index (κ1) is 67.7. The summed E-state index contributed by atoms with van der Waals surface area (Å²) in [6, 6.07) is 0.400. The maximum Gasteiger partial charge on any atom is 0.312 e. The molecular weight excluding hydrogens is 1060 g/mol. The number of benzene rings is 2. The largest absolute Gasteiger partial charge is 0.507 e. The van der Waals surface area contributed by atoms with Gasteiger partial charge in [0.1, 0.15) is 29.0 Å². The van der Waals surface area contributed by atoms with Crippen molar-refractivity contribution < 1.29 is 73.9 Å². The number of aliphatic hydroxyl groups excluding tert-OH is 4. The zero-order valence-corrected chi connectivity index (χ0v) is 49.3. The topological polar surface area (TPSA) is 354 Å². The first-order chi connectivity index (χ1) is 38.8. The van der Waals surface area contributed by atoms with Gasteiger partial charge in [-0.2, -0.15) is 5.10 Å². The number of nitrogens with two attached hydrogens (primary N) is 1. The highest BCUT2D eigenvalue weighted by Crippen LogP contribution is 2.55. The van der Waals surface area contributed by atoms with Crippen LogP contribution in [0.2, 0.25) is 0 Å². The number of aliphatic hydroxyl groups is 4. The average Bonchev–Trinajstić information content (AvgIpc) is 1.96. The minimum absolute atomic E-state index is 0.0559. The molecule has 12 N–H and O–H groups in total. The summed E-state index contributed by atoms with van der Waals surface area (Å²) in [5, 5.41) is 91.1. The van der Waals surface area contributed by atoms with Crippen molar-refractivity contribution in [2.45, 2.75) is 124 Å². The standard InChI is InChI=1S/C43H58N4O12.C10H24N2O2.C5H5N3O/c1-21-12-11-13-22(2)42(55)45-33-28(20-44-47-17-15-46(9)16-18-47)37(52)30-31(38(33)53)36(51)26(6)40-32(30)41(54)43(8,59-40)57-19-14-29(56-10)23(3)39(58-27(7)48)25(5)35(50)24(4)34(21)49;1-3-9(7-13)11-5-6-12-10(4-2)8-14;6-5(9)4-3-7-1-2-8-4/h11-14,19-21,23-25,29,34-35,39,49-53H,15-18H2,1-10H3,(H,45,55);9-14H,3-8H2,1-2H3;1-3H,(H2,6,9)/b12-11+,19-14+,22-13-,44-20+;;/t21-,23+,24+,25+,29-,34-,35+,39+,43-;9-,10-;/m00./s1. The first-order valence-electron chi connectivity index (χ1n) is 27.6. The lowest BCUT2D eigenvalue weighted by Gasteiger charge is -2.38. The molecule has 2 amide bonds. The van der Waals surface area contributed by atoms with E-state index in [2.05, 4.69) is 35.9 Å². The fraction of sp³-hybridized carbons (Fsp3) is 0.569. The Morgan fingerprint density at radius 3 is 2.06 bits per heavy atom. The number of anilines is 1. The van der Waals surface area contributed by atoms with Gasteiger partial charge in [-0.1, -0.05) is 59.8 Å². The summed E-state index contributed by atoms with van der Waals surface area (Å²) >= 11 is 0. The lowest BCUT2D eigenvalue weighted by molar-refractivity contribution is -0.160. The van der Waals surface area contributed by atoms with Gasteiger partial charge in [0.2, 0.25) is 0 Å². The summed E-state index contributed by atoms with van der Waals surface area (Å²) in [4.78, 5) is 60.2. The van der Waals surface area contributed by atoms with E-state index in [-0.39, 0.29) is 75.5 Å². The third-order valence-electron chi connectivity index (χ3n) is 15.1. The molecule has 0 saturated carbocycles. The van der Waals surface area contributed by atoms with Crippen LogP contribution in [0.25, 0.3) is 10.8 Å². The van der Waals surface area contributed by atoms with Crippen LogP contribution in [-0.4, -0.2) is 194 Å². The number of phenols is 3. The number of aromatic hydroxyl groups is 3. The van der Waals surface area contributed by atoms with Crippen molar-refractivity contribution in [2.24, 2.45) is 34.5 Å². The van der Waals surface area contributed by atoms with Crippen molar-refractivity contribution in [2.75, 3.05) is 72.0 Å². The number of primary amides is 1. The SMILES string of the molecule is CC[C@@H](CO)NCCN[C@@H](CC)CO.CO[C@H]1/C=C/O[C@@]2(C)Oc3c(C)c(O)c4c(O)c(c(/C=N/N5CCN(C)CC5)c(O)c4c3C2=O)NC(=O)/C(C)=C\C=C\[C@H](C)[C@H](O)[C@@H](C)[C@@H](O)[C@@H](C)[C@H](OC(C)=O)[C@@H]1C.NC(=O)c1cnccn1. The van der Waals surface area contributed by atoms with E-state index < -0.39 is 94.7 Å². The van der Waals surface area contributed by atoms with E-state index in [1.165, 1.54) is 78.0 Å². The van der Waals surface area contributed by atoms with E-state index in [1.807, 2.05) is 20.9 Å². The molecular formula is C58H87N9O15. The number of rotatable bonds is 14. The average molecular weight is 1150 g/mol. The number of nitrogens with zero attached hydrogens (tertiary/aromatic N) is 5. The molecule has 0 radical (unpaired) electrons. The molecule has 11 atom stereocenters. The van der Waals surface area contributed by atoms with E-state index >= 15 is 0 Å². The van der Waals surface area contributed by atoms with E-state index in [9.17, 15) is 44.7 Å². The van der Waals surface area contributed by atoms with Crippen molar-refractivity contribution >= 4 is 46.2 Å². The van der Waals surface area contributed by atoms with Gasteiger partial charge in [-0.05, 0) is 39.8 Å². The number of amides is 2. The summed E-state index contributed by atoms with van der Waals surface area (Å²) in [7, 11) is 3.42.